The minimum absolute atomic E-state index is 0.199. The number of hydrogen-bond acceptors (Lipinski definition) is 3. The molecule has 0 saturated heterocycles. The smallest absolute Gasteiger partial charge is 0.275 e. The maximum Gasteiger partial charge on any atom is 0.275 e. The van der Waals surface area contributed by atoms with Crippen molar-refractivity contribution >= 4 is 5.91 Å². The van der Waals surface area contributed by atoms with Gasteiger partial charge in [0.25, 0.3) is 5.91 Å². The molecule has 1 heterocycles. The van der Waals surface area contributed by atoms with Gasteiger partial charge in [-0.2, -0.15) is 5.10 Å². The first kappa shape index (κ1) is 21.3. The molecule has 0 saturated carbocycles. The zero-order valence-corrected chi connectivity index (χ0v) is 17.6. The first-order valence-electron chi connectivity index (χ1n) is 10.5. The lowest BCUT2D eigenvalue weighted by atomic mass is 10.1. The van der Waals surface area contributed by atoms with Crippen molar-refractivity contribution in [3.63, 3.8) is 0 Å². The summed E-state index contributed by atoms with van der Waals surface area (Å²) in [6.45, 7) is 0.833. The average Bonchev–Trinajstić information content (AvgIpc) is 3.26. The van der Waals surface area contributed by atoms with Gasteiger partial charge < -0.3 is 10.1 Å². The van der Waals surface area contributed by atoms with Gasteiger partial charge in [-0.1, -0.05) is 60.7 Å². The van der Waals surface area contributed by atoms with Crippen molar-refractivity contribution in [1.82, 2.24) is 15.1 Å². The van der Waals surface area contributed by atoms with E-state index in [0.717, 1.165) is 18.4 Å². The van der Waals surface area contributed by atoms with Crippen LogP contribution in [0.4, 0.5) is 4.39 Å². The molecule has 4 rings (SSSR count). The van der Waals surface area contributed by atoms with Crippen molar-refractivity contribution < 1.29 is 13.9 Å². The molecular formula is C26H24FN3O2. The fourth-order valence-corrected chi connectivity index (χ4v) is 3.31. The Morgan fingerprint density at radius 2 is 1.56 bits per heavy atom. The molecule has 0 aliphatic heterocycles. The van der Waals surface area contributed by atoms with Crippen molar-refractivity contribution in [1.29, 1.82) is 0 Å². The Bertz CT molecular complexity index is 1140. The highest BCUT2D eigenvalue weighted by Gasteiger charge is 2.19. The number of halogens is 1. The van der Waals surface area contributed by atoms with Crippen LogP contribution < -0.4 is 10.1 Å². The van der Waals surface area contributed by atoms with E-state index >= 15 is 0 Å². The van der Waals surface area contributed by atoms with E-state index in [1.807, 2.05) is 48.5 Å². The van der Waals surface area contributed by atoms with Gasteiger partial charge in [-0.25, -0.2) is 9.07 Å². The Balaban J connectivity index is 1.46. The number of amides is 1. The minimum Gasteiger partial charge on any atom is -0.485 e. The lowest BCUT2D eigenvalue weighted by Gasteiger charge is -2.07. The Morgan fingerprint density at radius 3 is 2.25 bits per heavy atom. The highest BCUT2D eigenvalue weighted by Crippen LogP contribution is 2.21. The van der Waals surface area contributed by atoms with Gasteiger partial charge in [0.05, 0.1) is 11.9 Å². The lowest BCUT2D eigenvalue weighted by Crippen LogP contribution is -2.26. The van der Waals surface area contributed by atoms with Gasteiger partial charge in [0, 0.05) is 6.54 Å². The summed E-state index contributed by atoms with van der Waals surface area (Å²) in [7, 11) is 0. The second kappa shape index (κ2) is 10.4. The van der Waals surface area contributed by atoms with Crippen LogP contribution >= 0.6 is 0 Å². The van der Waals surface area contributed by atoms with E-state index in [4.69, 9.17) is 4.74 Å². The normalized spacial score (nSPS) is 10.7. The molecule has 6 heteroatoms. The van der Waals surface area contributed by atoms with E-state index in [9.17, 15) is 9.18 Å². The summed E-state index contributed by atoms with van der Waals surface area (Å²) in [6.07, 6.45) is 3.34. The number of rotatable bonds is 9. The molecule has 0 bridgehead atoms. The number of aryl methyl sites for hydroxylation is 1. The molecule has 0 fully saturated rings. The molecule has 0 unspecified atom stereocenters. The number of ether oxygens (including phenoxy) is 1. The monoisotopic (exact) mass is 429 g/mol. The number of carbonyl (C=O) groups is 1. The molecule has 1 N–H and O–H groups in total. The van der Waals surface area contributed by atoms with E-state index in [1.165, 1.54) is 22.4 Å². The Labute approximate surface area is 186 Å². The fourth-order valence-electron chi connectivity index (χ4n) is 3.31. The molecule has 4 aromatic rings. The predicted octanol–water partition coefficient (Wildman–Crippen LogP) is 4.95. The van der Waals surface area contributed by atoms with Gasteiger partial charge in [-0.3, -0.25) is 4.79 Å². The van der Waals surface area contributed by atoms with Crippen molar-refractivity contribution in [3.05, 3.63) is 114 Å². The highest BCUT2D eigenvalue weighted by molar-refractivity contribution is 5.94. The Kier molecular flexibility index (Phi) is 6.92. The first-order chi connectivity index (χ1) is 15.7. The largest absolute Gasteiger partial charge is 0.485 e. The molecule has 1 aromatic heterocycles. The summed E-state index contributed by atoms with van der Waals surface area (Å²) >= 11 is 0. The maximum atomic E-state index is 13.3. The third-order valence-electron chi connectivity index (χ3n) is 4.99. The van der Waals surface area contributed by atoms with Crippen molar-refractivity contribution in [2.75, 3.05) is 6.54 Å². The lowest BCUT2D eigenvalue weighted by molar-refractivity contribution is 0.0943. The van der Waals surface area contributed by atoms with Crippen LogP contribution in [0.15, 0.2) is 91.1 Å². The van der Waals surface area contributed by atoms with Gasteiger partial charge >= 0.3 is 0 Å². The summed E-state index contributed by atoms with van der Waals surface area (Å²) in [5, 5.41) is 7.34. The summed E-state index contributed by atoms with van der Waals surface area (Å²) in [5.74, 6) is -0.265. The molecular weight excluding hydrogens is 405 g/mol. The van der Waals surface area contributed by atoms with E-state index in [1.54, 1.807) is 18.3 Å². The van der Waals surface area contributed by atoms with E-state index in [-0.39, 0.29) is 17.4 Å². The molecule has 3 aromatic carbocycles. The number of hydrogen-bond donors (Lipinski definition) is 1. The van der Waals surface area contributed by atoms with Crippen molar-refractivity contribution in [2.24, 2.45) is 0 Å². The van der Waals surface area contributed by atoms with Gasteiger partial charge in [0.1, 0.15) is 12.4 Å². The summed E-state index contributed by atoms with van der Waals surface area (Å²) in [5.41, 5.74) is 3.05. The second-order valence-corrected chi connectivity index (χ2v) is 7.38. The Morgan fingerprint density at radius 1 is 0.906 bits per heavy atom. The third-order valence-corrected chi connectivity index (χ3v) is 4.99. The average molecular weight is 429 g/mol. The molecule has 0 radical (unpaired) electrons. The summed E-state index contributed by atoms with van der Waals surface area (Å²) in [4.78, 5) is 12.9. The van der Waals surface area contributed by atoms with Crippen LogP contribution in [0.1, 0.15) is 28.0 Å². The van der Waals surface area contributed by atoms with Crippen LogP contribution in [0.25, 0.3) is 5.69 Å². The fraction of sp³-hybridized carbons (Fsp3) is 0.154. The second-order valence-electron chi connectivity index (χ2n) is 7.38. The van der Waals surface area contributed by atoms with E-state index < -0.39 is 0 Å². The molecule has 0 atom stereocenters. The number of benzene rings is 3. The van der Waals surface area contributed by atoms with Crippen LogP contribution in [0.5, 0.6) is 5.75 Å². The van der Waals surface area contributed by atoms with Crippen LogP contribution in [0, 0.1) is 5.82 Å². The maximum absolute atomic E-state index is 13.3. The standard InChI is InChI=1S/C26H24FN3O2/c27-22-13-15-23(16-14-22)30-18-24(32-19-21-10-5-2-6-11-21)25(29-30)26(31)28-17-7-12-20-8-3-1-4-9-20/h1-6,8-11,13-16,18H,7,12,17,19H2,(H,28,31). The number of carbonyl (C=O) groups excluding carboxylic acids is 1. The molecule has 32 heavy (non-hydrogen) atoms. The van der Waals surface area contributed by atoms with Crippen LogP contribution in [-0.4, -0.2) is 22.2 Å². The highest BCUT2D eigenvalue weighted by atomic mass is 19.1. The topological polar surface area (TPSA) is 56.2 Å². The number of aromatic nitrogens is 2. The van der Waals surface area contributed by atoms with E-state index in [0.29, 0.717) is 24.6 Å². The van der Waals surface area contributed by atoms with Gasteiger partial charge in [0.2, 0.25) is 0 Å². The first-order valence-corrected chi connectivity index (χ1v) is 10.5. The molecule has 5 nitrogen and oxygen atoms in total. The van der Waals surface area contributed by atoms with Gasteiger partial charge in [-0.05, 0) is 48.2 Å². The number of nitrogens with zero attached hydrogens (tertiary/aromatic N) is 2. The van der Waals surface area contributed by atoms with Gasteiger partial charge in [0.15, 0.2) is 11.4 Å². The SMILES string of the molecule is O=C(NCCCc1ccccc1)c1nn(-c2ccc(F)cc2)cc1OCc1ccccc1. The third kappa shape index (κ3) is 5.60. The van der Waals surface area contributed by atoms with E-state index in [2.05, 4.69) is 22.5 Å². The van der Waals surface area contributed by atoms with Crippen LogP contribution in [0.2, 0.25) is 0 Å². The van der Waals surface area contributed by atoms with Crippen molar-refractivity contribution in [2.45, 2.75) is 19.4 Å². The summed E-state index contributed by atoms with van der Waals surface area (Å²) in [6, 6.07) is 25.8. The molecule has 1 amide bonds. The minimum atomic E-state index is -0.335. The zero-order valence-electron chi connectivity index (χ0n) is 17.6. The zero-order chi connectivity index (χ0) is 22.2. The van der Waals surface area contributed by atoms with Gasteiger partial charge in [-0.15, -0.1) is 0 Å². The van der Waals surface area contributed by atoms with Crippen LogP contribution in [0.3, 0.4) is 0 Å². The quantitative estimate of drug-likeness (QED) is 0.383. The number of nitrogens with one attached hydrogen (secondary N) is 1. The molecule has 0 aliphatic rings. The molecule has 0 spiro atoms. The van der Waals surface area contributed by atoms with Crippen LogP contribution in [-0.2, 0) is 13.0 Å². The molecule has 0 aliphatic carbocycles. The predicted molar refractivity (Wildman–Crippen MR) is 121 cm³/mol. The van der Waals surface area contributed by atoms with Crippen molar-refractivity contribution in [3.8, 4) is 11.4 Å². The Hall–Kier alpha value is -3.93. The molecule has 162 valence electrons. The summed E-state index contributed by atoms with van der Waals surface area (Å²) < 4.78 is 20.8.